The molecule has 0 saturated carbocycles. The first-order valence-electron chi connectivity index (χ1n) is 5.61. The third-order valence-electron chi connectivity index (χ3n) is 2.41. The first-order chi connectivity index (χ1) is 8.33. The van der Waals surface area contributed by atoms with Gasteiger partial charge in [0.1, 0.15) is 5.82 Å². The molecule has 3 N–H and O–H groups in total. The summed E-state index contributed by atoms with van der Waals surface area (Å²) in [5.74, 6) is 0.828. The van der Waals surface area contributed by atoms with Crippen LogP contribution in [0, 0.1) is 0 Å². The number of anilines is 1. The van der Waals surface area contributed by atoms with Crippen LogP contribution in [-0.2, 0) is 11.3 Å². The molecular weight excluding hydrogens is 218 g/mol. The molecule has 0 atom stereocenters. The van der Waals surface area contributed by atoms with Crippen LogP contribution in [0.2, 0.25) is 0 Å². The van der Waals surface area contributed by atoms with Crippen molar-refractivity contribution in [2.24, 2.45) is 5.73 Å². The zero-order valence-corrected chi connectivity index (χ0v) is 9.89. The second-order valence-corrected chi connectivity index (χ2v) is 3.73. The quantitative estimate of drug-likeness (QED) is 0.718. The number of nitrogens with one attached hydrogen (secondary N) is 1. The number of fused-ring (bicyclic) bond motifs is 1. The second kappa shape index (κ2) is 5.60. The van der Waals surface area contributed by atoms with Gasteiger partial charge in [0.15, 0.2) is 5.65 Å². The molecular formula is C11H17N5O. The predicted molar refractivity (Wildman–Crippen MR) is 65.9 cm³/mol. The van der Waals surface area contributed by atoms with Crippen molar-refractivity contribution in [2.45, 2.75) is 13.0 Å². The maximum absolute atomic E-state index is 5.53. The number of hydrogen-bond acceptors (Lipinski definition) is 5. The van der Waals surface area contributed by atoms with Gasteiger partial charge in [-0.2, -0.15) is 0 Å². The van der Waals surface area contributed by atoms with E-state index in [1.807, 2.05) is 18.3 Å². The van der Waals surface area contributed by atoms with Crippen LogP contribution in [0.5, 0.6) is 0 Å². The molecule has 0 fully saturated rings. The zero-order chi connectivity index (χ0) is 12.1. The molecule has 2 aromatic rings. The lowest BCUT2D eigenvalue weighted by Gasteiger charge is -2.04. The number of rotatable bonds is 6. The Morgan fingerprint density at radius 3 is 3.12 bits per heavy atom. The summed E-state index contributed by atoms with van der Waals surface area (Å²) in [5.41, 5.74) is 7.19. The van der Waals surface area contributed by atoms with Gasteiger partial charge in [0, 0.05) is 26.8 Å². The smallest absolute Gasteiger partial charge is 0.153 e. The van der Waals surface area contributed by atoms with E-state index < -0.39 is 0 Å². The normalized spacial score (nSPS) is 10.9. The van der Waals surface area contributed by atoms with Crippen molar-refractivity contribution in [3.63, 3.8) is 0 Å². The van der Waals surface area contributed by atoms with Gasteiger partial charge in [0.25, 0.3) is 0 Å². The maximum atomic E-state index is 5.53. The van der Waals surface area contributed by atoms with Crippen molar-refractivity contribution in [1.82, 2.24) is 14.6 Å². The molecule has 17 heavy (non-hydrogen) atoms. The van der Waals surface area contributed by atoms with Gasteiger partial charge in [-0.15, -0.1) is 5.10 Å². The number of nitrogens with two attached hydrogens (primary N) is 1. The van der Waals surface area contributed by atoms with Gasteiger partial charge in [-0.1, -0.05) is 0 Å². The largest absolute Gasteiger partial charge is 0.385 e. The first kappa shape index (κ1) is 11.8. The minimum absolute atomic E-state index is 0.431. The van der Waals surface area contributed by atoms with E-state index in [1.165, 1.54) is 0 Å². The number of aromatic nitrogens is 3. The molecule has 92 valence electrons. The third kappa shape index (κ3) is 2.92. The van der Waals surface area contributed by atoms with Crippen LogP contribution in [0.25, 0.3) is 5.65 Å². The van der Waals surface area contributed by atoms with Gasteiger partial charge in [0.2, 0.25) is 0 Å². The van der Waals surface area contributed by atoms with E-state index in [-0.39, 0.29) is 0 Å². The van der Waals surface area contributed by atoms with Crippen LogP contribution in [-0.4, -0.2) is 34.9 Å². The summed E-state index contributed by atoms with van der Waals surface area (Å²) in [6, 6.07) is 3.83. The SMILES string of the molecule is COCCCNc1ccc2nc(CN)cn2n1. The van der Waals surface area contributed by atoms with E-state index in [4.69, 9.17) is 10.5 Å². The lowest BCUT2D eigenvalue weighted by atomic mass is 10.4. The summed E-state index contributed by atoms with van der Waals surface area (Å²) in [6.07, 6.45) is 2.80. The van der Waals surface area contributed by atoms with Crippen LogP contribution in [0.1, 0.15) is 12.1 Å². The Kier molecular flexibility index (Phi) is 3.89. The molecule has 6 nitrogen and oxygen atoms in total. The molecule has 0 spiro atoms. The van der Waals surface area contributed by atoms with Crippen molar-refractivity contribution < 1.29 is 4.74 Å². The molecule has 0 saturated heterocycles. The van der Waals surface area contributed by atoms with Crippen molar-refractivity contribution in [3.8, 4) is 0 Å². The number of ether oxygens (including phenoxy) is 1. The minimum atomic E-state index is 0.431. The zero-order valence-electron chi connectivity index (χ0n) is 9.89. The highest BCUT2D eigenvalue weighted by Crippen LogP contribution is 2.07. The monoisotopic (exact) mass is 235 g/mol. The molecule has 0 bridgehead atoms. The van der Waals surface area contributed by atoms with Crippen LogP contribution >= 0.6 is 0 Å². The van der Waals surface area contributed by atoms with E-state index in [2.05, 4.69) is 15.4 Å². The fraction of sp³-hybridized carbons (Fsp3) is 0.455. The Labute approximate surface area is 99.8 Å². The summed E-state index contributed by atoms with van der Waals surface area (Å²) in [4.78, 5) is 4.31. The standard InChI is InChI=1S/C11H17N5O/c1-17-6-2-5-13-10-3-4-11-14-9(7-12)8-16(11)15-10/h3-4,8H,2,5-7,12H2,1H3,(H,13,15). The summed E-state index contributed by atoms with van der Waals surface area (Å²) in [6.45, 7) is 2.02. The highest BCUT2D eigenvalue weighted by Gasteiger charge is 2.01. The number of methoxy groups -OCH3 is 1. The molecule has 0 aliphatic carbocycles. The highest BCUT2D eigenvalue weighted by atomic mass is 16.5. The fourth-order valence-corrected chi connectivity index (χ4v) is 1.56. The van der Waals surface area contributed by atoms with E-state index in [1.54, 1.807) is 11.6 Å². The van der Waals surface area contributed by atoms with Crippen LogP contribution in [0.15, 0.2) is 18.3 Å². The van der Waals surface area contributed by atoms with Gasteiger partial charge in [-0.25, -0.2) is 9.50 Å². The Morgan fingerprint density at radius 2 is 2.35 bits per heavy atom. The lowest BCUT2D eigenvalue weighted by Crippen LogP contribution is -2.07. The molecule has 0 aliphatic rings. The first-order valence-corrected chi connectivity index (χ1v) is 5.61. The van der Waals surface area contributed by atoms with Crippen molar-refractivity contribution in [1.29, 1.82) is 0 Å². The average molecular weight is 235 g/mol. The molecule has 6 heteroatoms. The van der Waals surface area contributed by atoms with Gasteiger partial charge in [-0.05, 0) is 18.6 Å². The van der Waals surface area contributed by atoms with E-state index >= 15 is 0 Å². The van der Waals surface area contributed by atoms with Gasteiger partial charge in [-0.3, -0.25) is 0 Å². The van der Waals surface area contributed by atoms with Crippen LogP contribution in [0.4, 0.5) is 5.82 Å². The average Bonchev–Trinajstić information content (AvgIpc) is 2.77. The highest BCUT2D eigenvalue weighted by molar-refractivity contribution is 5.45. The van der Waals surface area contributed by atoms with E-state index in [9.17, 15) is 0 Å². The van der Waals surface area contributed by atoms with E-state index in [0.717, 1.165) is 36.7 Å². The van der Waals surface area contributed by atoms with Gasteiger partial charge < -0.3 is 15.8 Å². The van der Waals surface area contributed by atoms with Crippen LogP contribution in [0.3, 0.4) is 0 Å². The van der Waals surface area contributed by atoms with Crippen molar-refractivity contribution in [2.75, 3.05) is 25.6 Å². The molecule has 0 aromatic carbocycles. The predicted octanol–water partition coefficient (Wildman–Crippen LogP) is 0.636. The summed E-state index contributed by atoms with van der Waals surface area (Å²) < 4.78 is 6.72. The summed E-state index contributed by atoms with van der Waals surface area (Å²) in [7, 11) is 1.70. The molecule has 2 aromatic heterocycles. The van der Waals surface area contributed by atoms with Gasteiger partial charge >= 0.3 is 0 Å². The second-order valence-electron chi connectivity index (χ2n) is 3.73. The van der Waals surface area contributed by atoms with Gasteiger partial charge in [0.05, 0.1) is 11.9 Å². The van der Waals surface area contributed by atoms with Crippen molar-refractivity contribution in [3.05, 3.63) is 24.0 Å². The number of hydrogen-bond donors (Lipinski definition) is 2. The topological polar surface area (TPSA) is 77.5 Å². The Balaban J connectivity index is 2.03. The lowest BCUT2D eigenvalue weighted by molar-refractivity contribution is 0.197. The third-order valence-corrected chi connectivity index (χ3v) is 2.41. The fourth-order valence-electron chi connectivity index (χ4n) is 1.56. The van der Waals surface area contributed by atoms with Crippen molar-refractivity contribution >= 4 is 11.5 Å². The number of imidazole rings is 1. The Morgan fingerprint density at radius 1 is 1.47 bits per heavy atom. The van der Waals surface area contributed by atoms with Crippen LogP contribution < -0.4 is 11.1 Å². The summed E-state index contributed by atoms with van der Waals surface area (Å²) >= 11 is 0. The Bertz CT molecular complexity index is 482. The Hall–Kier alpha value is -1.66. The molecule has 0 aliphatic heterocycles. The minimum Gasteiger partial charge on any atom is -0.385 e. The molecule has 2 heterocycles. The molecule has 2 rings (SSSR count). The maximum Gasteiger partial charge on any atom is 0.153 e. The number of nitrogens with zero attached hydrogens (tertiary/aromatic N) is 3. The molecule has 0 amide bonds. The van der Waals surface area contributed by atoms with E-state index in [0.29, 0.717) is 6.54 Å². The molecule has 0 radical (unpaired) electrons. The molecule has 0 unspecified atom stereocenters. The summed E-state index contributed by atoms with van der Waals surface area (Å²) in [5, 5.41) is 7.62.